The van der Waals surface area contributed by atoms with Crippen molar-refractivity contribution >= 4 is 11.8 Å². The molecule has 4 rings (SSSR count). The Hall–Kier alpha value is -3.55. The van der Waals surface area contributed by atoms with E-state index in [0.29, 0.717) is 31.0 Å². The van der Waals surface area contributed by atoms with Crippen molar-refractivity contribution in [1.29, 1.82) is 0 Å². The number of nitrogens with one attached hydrogen (secondary N) is 1. The van der Waals surface area contributed by atoms with Gasteiger partial charge in [-0.25, -0.2) is 0 Å². The number of carbonyl (C=O) groups is 2. The van der Waals surface area contributed by atoms with Gasteiger partial charge < -0.3 is 19.7 Å². The summed E-state index contributed by atoms with van der Waals surface area (Å²) in [6.07, 6.45) is 3.42. The zero-order valence-corrected chi connectivity index (χ0v) is 15.1. The Labute approximate surface area is 161 Å². The van der Waals surface area contributed by atoms with Gasteiger partial charge in [0.25, 0.3) is 5.91 Å². The molecule has 8 nitrogen and oxygen atoms in total. The zero-order valence-electron chi connectivity index (χ0n) is 15.1. The van der Waals surface area contributed by atoms with Gasteiger partial charge in [-0.2, -0.15) is 5.10 Å². The molecule has 0 saturated carbocycles. The van der Waals surface area contributed by atoms with Crippen LogP contribution in [-0.4, -0.2) is 38.1 Å². The molecule has 0 fully saturated rings. The number of fused-ring (bicyclic) bond motifs is 1. The fourth-order valence-electron chi connectivity index (χ4n) is 3.40. The maximum absolute atomic E-state index is 12.9. The Morgan fingerprint density at radius 2 is 2.14 bits per heavy atom. The first kappa shape index (κ1) is 17.8. The summed E-state index contributed by atoms with van der Waals surface area (Å²) in [5.41, 5.74) is 1.28. The maximum Gasteiger partial charge on any atom is 0.254 e. The number of amides is 2. The Bertz CT molecular complexity index is 980. The third kappa shape index (κ3) is 3.75. The summed E-state index contributed by atoms with van der Waals surface area (Å²) in [4.78, 5) is 26.9. The van der Waals surface area contributed by atoms with Gasteiger partial charge in [0.05, 0.1) is 37.5 Å². The summed E-state index contributed by atoms with van der Waals surface area (Å²) in [6, 6.07) is 11.4. The van der Waals surface area contributed by atoms with Crippen LogP contribution < -0.4 is 5.32 Å². The highest BCUT2D eigenvalue weighted by atomic mass is 16.3. The Morgan fingerprint density at radius 3 is 2.93 bits per heavy atom. The smallest absolute Gasteiger partial charge is 0.254 e. The van der Waals surface area contributed by atoms with E-state index >= 15 is 0 Å². The van der Waals surface area contributed by atoms with Crippen LogP contribution in [0.3, 0.4) is 0 Å². The van der Waals surface area contributed by atoms with Gasteiger partial charge in [-0.3, -0.25) is 14.3 Å². The molecule has 2 aromatic heterocycles. The molecule has 0 radical (unpaired) electrons. The number of aromatic nitrogens is 2. The third-order valence-corrected chi connectivity index (χ3v) is 4.72. The van der Waals surface area contributed by atoms with Gasteiger partial charge in [0.2, 0.25) is 5.91 Å². The number of hydrogen-bond donors (Lipinski definition) is 2. The summed E-state index contributed by atoms with van der Waals surface area (Å²) in [7, 11) is 0. The molecule has 3 heterocycles. The van der Waals surface area contributed by atoms with Crippen molar-refractivity contribution < 1.29 is 19.1 Å². The first-order chi connectivity index (χ1) is 13.6. The quantitative estimate of drug-likeness (QED) is 0.706. The van der Waals surface area contributed by atoms with E-state index in [2.05, 4.69) is 10.4 Å². The average Bonchev–Trinajstić information content (AvgIpc) is 3.37. The number of carbonyl (C=O) groups excluding carboxylic acids is 2. The lowest BCUT2D eigenvalue weighted by atomic mass is 10.1. The number of hydrogen-bond acceptors (Lipinski definition) is 5. The Morgan fingerprint density at radius 1 is 1.25 bits per heavy atom. The van der Waals surface area contributed by atoms with Crippen LogP contribution in [0.5, 0.6) is 5.75 Å². The molecular formula is C20H20N4O4. The normalized spacial score (nSPS) is 15.9. The molecule has 0 unspecified atom stereocenters. The van der Waals surface area contributed by atoms with E-state index in [9.17, 15) is 14.7 Å². The molecule has 2 amide bonds. The summed E-state index contributed by atoms with van der Waals surface area (Å²) in [6.45, 7) is 1.08. The number of furan rings is 1. The van der Waals surface area contributed by atoms with Gasteiger partial charge in [-0.1, -0.05) is 6.07 Å². The summed E-state index contributed by atoms with van der Waals surface area (Å²) in [5.74, 6) is 0.387. The molecule has 144 valence electrons. The number of phenols is 1. The van der Waals surface area contributed by atoms with Crippen LogP contribution in [0.4, 0.5) is 0 Å². The number of rotatable bonds is 5. The monoisotopic (exact) mass is 380 g/mol. The van der Waals surface area contributed by atoms with E-state index in [0.717, 1.165) is 5.69 Å². The molecule has 1 atom stereocenters. The van der Waals surface area contributed by atoms with E-state index in [4.69, 9.17) is 4.42 Å². The van der Waals surface area contributed by atoms with Crippen LogP contribution in [-0.2, 0) is 17.9 Å². The number of aromatic hydroxyl groups is 1. The van der Waals surface area contributed by atoms with Crippen LogP contribution in [0, 0.1) is 0 Å². The van der Waals surface area contributed by atoms with Crippen LogP contribution in [0.2, 0.25) is 0 Å². The molecule has 1 aliphatic rings. The van der Waals surface area contributed by atoms with E-state index < -0.39 is 0 Å². The fourth-order valence-corrected chi connectivity index (χ4v) is 3.40. The molecule has 0 saturated heterocycles. The van der Waals surface area contributed by atoms with Crippen molar-refractivity contribution in [2.45, 2.75) is 25.6 Å². The van der Waals surface area contributed by atoms with Crippen LogP contribution in [0.15, 0.2) is 59.3 Å². The number of nitrogens with zero attached hydrogens (tertiary/aromatic N) is 3. The minimum atomic E-state index is -0.267. The fraction of sp³-hybridized carbons (Fsp3) is 0.250. The summed E-state index contributed by atoms with van der Waals surface area (Å²) in [5, 5.41) is 16.8. The minimum Gasteiger partial charge on any atom is -0.508 e. The third-order valence-electron chi connectivity index (χ3n) is 4.72. The van der Waals surface area contributed by atoms with Gasteiger partial charge >= 0.3 is 0 Å². The lowest BCUT2D eigenvalue weighted by Crippen LogP contribution is -2.42. The highest BCUT2D eigenvalue weighted by Crippen LogP contribution is 2.25. The van der Waals surface area contributed by atoms with Crippen molar-refractivity contribution in [3.05, 3.63) is 71.9 Å². The lowest BCUT2D eigenvalue weighted by molar-refractivity contribution is -0.122. The molecular weight excluding hydrogens is 360 g/mol. The topological polar surface area (TPSA) is 101 Å². The first-order valence-corrected chi connectivity index (χ1v) is 9.00. The Balaban J connectivity index is 1.46. The SMILES string of the molecule is O=C(C[C@H]1CN(C(=O)c2cccc(O)c2)Cc2ccnn21)NCc1ccco1. The molecule has 2 N–H and O–H groups in total. The molecule has 3 aromatic rings. The molecule has 28 heavy (non-hydrogen) atoms. The van der Waals surface area contributed by atoms with Crippen molar-refractivity contribution in [3.63, 3.8) is 0 Å². The van der Waals surface area contributed by atoms with Crippen molar-refractivity contribution in [2.75, 3.05) is 6.54 Å². The second-order valence-electron chi connectivity index (χ2n) is 6.72. The minimum absolute atomic E-state index is 0.0433. The molecule has 0 aliphatic carbocycles. The zero-order chi connectivity index (χ0) is 19.5. The molecule has 8 heteroatoms. The second kappa shape index (κ2) is 7.59. The van der Waals surface area contributed by atoms with Crippen LogP contribution in [0.25, 0.3) is 0 Å². The second-order valence-corrected chi connectivity index (χ2v) is 6.72. The highest BCUT2D eigenvalue weighted by molar-refractivity contribution is 5.94. The van der Waals surface area contributed by atoms with Gasteiger partial charge in [0, 0.05) is 18.3 Å². The van der Waals surface area contributed by atoms with E-state index in [1.165, 1.54) is 12.1 Å². The van der Waals surface area contributed by atoms with Gasteiger partial charge in [0.1, 0.15) is 11.5 Å². The van der Waals surface area contributed by atoms with E-state index in [1.54, 1.807) is 46.3 Å². The average molecular weight is 380 g/mol. The molecule has 0 spiro atoms. The van der Waals surface area contributed by atoms with Crippen molar-refractivity contribution in [1.82, 2.24) is 20.0 Å². The first-order valence-electron chi connectivity index (χ1n) is 9.00. The van der Waals surface area contributed by atoms with E-state index in [1.807, 2.05) is 6.07 Å². The summed E-state index contributed by atoms with van der Waals surface area (Å²) < 4.78 is 7.02. The number of benzene rings is 1. The lowest BCUT2D eigenvalue weighted by Gasteiger charge is -2.33. The number of phenolic OH excluding ortho intramolecular Hbond substituents is 1. The Kier molecular flexibility index (Phi) is 4.84. The van der Waals surface area contributed by atoms with Gasteiger partial charge in [-0.05, 0) is 36.4 Å². The van der Waals surface area contributed by atoms with Crippen LogP contribution >= 0.6 is 0 Å². The standard InChI is InChI=1S/C20H20N4O4/c25-17-4-1-3-14(9-17)20(27)23-12-15-6-7-22-24(15)16(13-23)10-19(26)21-11-18-5-2-8-28-18/h1-9,16,25H,10-13H2,(H,21,26)/t16-/m0/s1. The molecule has 1 aliphatic heterocycles. The molecule has 0 bridgehead atoms. The predicted octanol–water partition coefficient (Wildman–Crippen LogP) is 2.09. The van der Waals surface area contributed by atoms with Crippen molar-refractivity contribution in [2.24, 2.45) is 0 Å². The highest BCUT2D eigenvalue weighted by Gasteiger charge is 2.30. The van der Waals surface area contributed by atoms with Gasteiger partial charge in [-0.15, -0.1) is 0 Å². The maximum atomic E-state index is 12.9. The molecule has 1 aromatic carbocycles. The van der Waals surface area contributed by atoms with Gasteiger partial charge in [0.15, 0.2) is 0 Å². The largest absolute Gasteiger partial charge is 0.508 e. The van der Waals surface area contributed by atoms with E-state index in [-0.39, 0.29) is 30.0 Å². The van der Waals surface area contributed by atoms with Crippen LogP contribution in [0.1, 0.15) is 34.3 Å². The predicted molar refractivity (Wildman–Crippen MR) is 99.3 cm³/mol. The summed E-state index contributed by atoms with van der Waals surface area (Å²) >= 11 is 0. The van der Waals surface area contributed by atoms with Crippen molar-refractivity contribution in [3.8, 4) is 5.75 Å².